The van der Waals surface area contributed by atoms with Crippen LogP contribution >= 0.6 is 7.37 Å². The molecule has 1 atom stereocenters. The van der Waals surface area contributed by atoms with Gasteiger partial charge in [0.15, 0.2) is 0 Å². The molecular formula is C8H16NO3P. The lowest BCUT2D eigenvalue weighted by molar-refractivity contribution is -0.118. The fraction of sp³-hybridized carbons (Fsp3) is 0.625. The van der Waals surface area contributed by atoms with Crippen LogP contribution in [0.1, 0.15) is 20.8 Å². The number of rotatable bonds is 4. The molecule has 0 bridgehead atoms. The Hall–Kier alpha value is -0.600. The van der Waals surface area contributed by atoms with Crippen molar-refractivity contribution in [3.8, 4) is 0 Å². The molecule has 0 aromatic rings. The summed E-state index contributed by atoms with van der Waals surface area (Å²) in [5.41, 5.74) is 0. The van der Waals surface area contributed by atoms with Crippen LogP contribution in [-0.2, 0) is 13.9 Å². The first-order valence-corrected chi connectivity index (χ1v) is 6.14. The van der Waals surface area contributed by atoms with Gasteiger partial charge in [0.2, 0.25) is 13.3 Å². The van der Waals surface area contributed by atoms with Crippen LogP contribution in [0.15, 0.2) is 11.5 Å². The standard InChI is InChI=1S/C8H16NO3P/c1-5-12-13(4,11)7(2)6-9-8(3)10/h6H,5H2,1-4H3,(H,9,10)/b7-6+. The molecule has 1 N–H and O–H groups in total. The van der Waals surface area contributed by atoms with E-state index in [1.807, 2.05) is 0 Å². The molecule has 0 aliphatic rings. The third-order valence-electron chi connectivity index (χ3n) is 1.50. The molecule has 0 saturated carbocycles. The van der Waals surface area contributed by atoms with Gasteiger partial charge < -0.3 is 9.84 Å². The number of hydrogen-bond acceptors (Lipinski definition) is 3. The normalized spacial score (nSPS) is 16.5. The maximum atomic E-state index is 11.7. The van der Waals surface area contributed by atoms with Crippen LogP contribution in [0.3, 0.4) is 0 Å². The third-order valence-corrected chi connectivity index (χ3v) is 3.66. The van der Waals surface area contributed by atoms with E-state index in [2.05, 4.69) is 5.32 Å². The van der Waals surface area contributed by atoms with Gasteiger partial charge in [0.25, 0.3) is 0 Å². The van der Waals surface area contributed by atoms with Crippen LogP contribution in [0, 0.1) is 0 Å². The molecular weight excluding hydrogens is 189 g/mol. The van der Waals surface area contributed by atoms with Gasteiger partial charge in [-0.25, -0.2) is 0 Å². The van der Waals surface area contributed by atoms with E-state index in [1.54, 1.807) is 13.8 Å². The first kappa shape index (κ1) is 12.4. The SMILES string of the molecule is CCOP(C)(=O)/C(C)=C/NC(C)=O. The quantitative estimate of drug-likeness (QED) is 0.713. The summed E-state index contributed by atoms with van der Waals surface area (Å²) in [5.74, 6) is -0.184. The number of carbonyl (C=O) groups excluding carboxylic acids is 1. The van der Waals surface area contributed by atoms with E-state index in [0.717, 1.165) is 0 Å². The lowest BCUT2D eigenvalue weighted by Gasteiger charge is -2.12. The summed E-state index contributed by atoms with van der Waals surface area (Å²) in [4.78, 5) is 10.5. The van der Waals surface area contributed by atoms with Crippen LogP contribution in [0.2, 0.25) is 0 Å². The molecule has 0 spiro atoms. The third kappa shape index (κ3) is 4.86. The van der Waals surface area contributed by atoms with E-state index in [-0.39, 0.29) is 5.91 Å². The molecule has 0 radical (unpaired) electrons. The largest absolute Gasteiger partial charge is 0.332 e. The predicted molar refractivity (Wildman–Crippen MR) is 52.7 cm³/mol. The molecule has 0 rings (SSSR count). The first-order chi connectivity index (χ1) is 5.90. The summed E-state index contributed by atoms with van der Waals surface area (Å²) in [7, 11) is -2.69. The Morgan fingerprint density at radius 2 is 2.08 bits per heavy atom. The molecule has 1 amide bonds. The molecule has 4 nitrogen and oxygen atoms in total. The van der Waals surface area contributed by atoms with Crippen molar-refractivity contribution in [2.75, 3.05) is 13.3 Å². The molecule has 13 heavy (non-hydrogen) atoms. The molecule has 0 aliphatic carbocycles. The van der Waals surface area contributed by atoms with Crippen molar-refractivity contribution >= 4 is 13.3 Å². The molecule has 0 saturated heterocycles. The average Bonchev–Trinajstić information content (AvgIpc) is 1.99. The smallest absolute Gasteiger partial charge is 0.226 e. The fourth-order valence-corrected chi connectivity index (χ4v) is 1.67. The van der Waals surface area contributed by atoms with Crippen molar-refractivity contribution in [3.05, 3.63) is 11.5 Å². The second kappa shape index (κ2) is 5.20. The number of nitrogens with one attached hydrogen (secondary N) is 1. The molecule has 0 aromatic heterocycles. The Morgan fingerprint density at radius 1 is 1.54 bits per heavy atom. The van der Waals surface area contributed by atoms with E-state index in [9.17, 15) is 9.36 Å². The summed E-state index contributed by atoms with van der Waals surface area (Å²) in [6, 6.07) is 0. The van der Waals surface area contributed by atoms with Crippen molar-refractivity contribution in [1.29, 1.82) is 0 Å². The summed E-state index contributed by atoms with van der Waals surface area (Å²) < 4.78 is 16.7. The zero-order valence-electron chi connectivity index (χ0n) is 8.46. The predicted octanol–water partition coefficient (Wildman–Crippen LogP) is 1.93. The summed E-state index contributed by atoms with van der Waals surface area (Å²) >= 11 is 0. The average molecular weight is 205 g/mol. The summed E-state index contributed by atoms with van der Waals surface area (Å²) in [6.45, 7) is 6.78. The molecule has 0 aromatic carbocycles. The minimum atomic E-state index is -2.69. The van der Waals surface area contributed by atoms with Crippen molar-refractivity contribution in [2.45, 2.75) is 20.8 Å². The van der Waals surface area contributed by atoms with Gasteiger partial charge in [0, 0.05) is 25.1 Å². The van der Waals surface area contributed by atoms with Crippen LogP contribution in [-0.4, -0.2) is 19.2 Å². The highest BCUT2D eigenvalue weighted by molar-refractivity contribution is 7.62. The van der Waals surface area contributed by atoms with E-state index < -0.39 is 7.37 Å². The second-order valence-electron chi connectivity index (χ2n) is 2.75. The van der Waals surface area contributed by atoms with E-state index in [0.29, 0.717) is 11.9 Å². The minimum Gasteiger partial charge on any atom is -0.332 e. The van der Waals surface area contributed by atoms with Gasteiger partial charge in [-0.1, -0.05) is 0 Å². The van der Waals surface area contributed by atoms with Gasteiger partial charge >= 0.3 is 0 Å². The van der Waals surface area contributed by atoms with Gasteiger partial charge in [-0.3, -0.25) is 9.36 Å². The van der Waals surface area contributed by atoms with Gasteiger partial charge in [0.1, 0.15) is 0 Å². The van der Waals surface area contributed by atoms with E-state index >= 15 is 0 Å². The van der Waals surface area contributed by atoms with Crippen molar-refractivity contribution in [1.82, 2.24) is 5.32 Å². The van der Waals surface area contributed by atoms with Crippen LogP contribution in [0.4, 0.5) is 0 Å². The minimum absolute atomic E-state index is 0.184. The lowest BCUT2D eigenvalue weighted by Crippen LogP contribution is -2.12. The van der Waals surface area contributed by atoms with Gasteiger partial charge in [-0.15, -0.1) is 0 Å². The maximum Gasteiger partial charge on any atom is 0.226 e. The molecule has 1 unspecified atom stereocenters. The highest BCUT2D eigenvalue weighted by atomic mass is 31.2. The Bertz CT molecular complexity index is 260. The van der Waals surface area contributed by atoms with E-state index in [1.165, 1.54) is 19.8 Å². The summed E-state index contributed by atoms with van der Waals surface area (Å²) in [5, 5.41) is 3.02. The first-order valence-electron chi connectivity index (χ1n) is 4.06. The lowest BCUT2D eigenvalue weighted by atomic mass is 10.6. The van der Waals surface area contributed by atoms with E-state index in [4.69, 9.17) is 4.52 Å². The van der Waals surface area contributed by atoms with Gasteiger partial charge in [-0.2, -0.15) is 0 Å². The number of allylic oxidation sites excluding steroid dienone is 1. The van der Waals surface area contributed by atoms with Crippen molar-refractivity contribution in [3.63, 3.8) is 0 Å². The second-order valence-corrected chi connectivity index (χ2v) is 5.41. The molecule has 76 valence electrons. The zero-order valence-corrected chi connectivity index (χ0v) is 9.35. The van der Waals surface area contributed by atoms with Gasteiger partial charge in [0.05, 0.1) is 6.61 Å². The van der Waals surface area contributed by atoms with Crippen LogP contribution < -0.4 is 5.32 Å². The number of hydrogen-bond donors (Lipinski definition) is 1. The molecule has 0 aliphatic heterocycles. The molecule has 5 heteroatoms. The van der Waals surface area contributed by atoms with Gasteiger partial charge in [-0.05, 0) is 13.8 Å². The van der Waals surface area contributed by atoms with Crippen molar-refractivity contribution in [2.24, 2.45) is 0 Å². The van der Waals surface area contributed by atoms with Crippen molar-refractivity contribution < 1.29 is 13.9 Å². The Kier molecular flexibility index (Phi) is 4.96. The number of carbonyl (C=O) groups is 1. The Labute approximate surface area is 78.8 Å². The monoisotopic (exact) mass is 205 g/mol. The summed E-state index contributed by atoms with van der Waals surface area (Å²) in [6.07, 6.45) is 1.43. The maximum absolute atomic E-state index is 11.7. The molecule has 0 heterocycles. The Morgan fingerprint density at radius 3 is 2.46 bits per heavy atom. The molecule has 0 fully saturated rings. The Balaban J connectivity index is 4.39. The highest BCUT2D eigenvalue weighted by Gasteiger charge is 2.17. The number of amides is 1. The topological polar surface area (TPSA) is 55.4 Å². The highest BCUT2D eigenvalue weighted by Crippen LogP contribution is 2.50. The fourth-order valence-electron chi connectivity index (χ4n) is 0.672. The van der Waals surface area contributed by atoms with Crippen LogP contribution in [0.25, 0.3) is 0 Å². The van der Waals surface area contributed by atoms with Crippen LogP contribution in [0.5, 0.6) is 0 Å². The zero-order chi connectivity index (χ0) is 10.5.